The Kier molecular flexibility index (Phi) is 7.15. The van der Waals surface area contributed by atoms with Crippen molar-refractivity contribution < 1.29 is 9.53 Å². The van der Waals surface area contributed by atoms with Gasteiger partial charge in [-0.2, -0.15) is 5.10 Å². The molecule has 0 spiro atoms. The van der Waals surface area contributed by atoms with Crippen LogP contribution in [0.5, 0.6) is 5.75 Å². The van der Waals surface area contributed by atoms with E-state index < -0.39 is 0 Å². The maximum absolute atomic E-state index is 12.3. The first-order chi connectivity index (χ1) is 13.9. The van der Waals surface area contributed by atoms with E-state index in [9.17, 15) is 4.79 Å². The summed E-state index contributed by atoms with van der Waals surface area (Å²) in [4.78, 5) is 12.3. The van der Waals surface area contributed by atoms with Crippen LogP contribution in [0.3, 0.4) is 0 Å². The number of hydrogen-bond acceptors (Lipinski definition) is 3. The molecule has 0 radical (unpaired) electrons. The minimum Gasteiger partial charge on any atom is -0.488 e. The topological polar surface area (TPSA) is 50.7 Å². The molecule has 1 N–H and O–H groups in total. The average Bonchev–Trinajstić information content (AvgIpc) is 2.70. The molecular formula is C22H17Cl3N2O2. The van der Waals surface area contributed by atoms with Crippen molar-refractivity contribution in [2.75, 3.05) is 0 Å². The van der Waals surface area contributed by atoms with Crippen molar-refractivity contribution in [3.05, 3.63) is 98.0 Å². The van der Waals surface area contributed by atoms with Crippen LogP contribution < -0.4 is 10.2 Å². The van der Waals surface area contributed by atoms with Gasteiger partial charge < -0.3 is 4.74 Å². The molecule has 1 amide bonds. The number of amides is 1. The molecule has 0 aromatic heterocycles. The molecule has 4 nitrogen and oxygen atoms in total. The summed E-state index contributed by atoms with van der Waals surface area (Å²) < 4.78 is 5.87. The van der Waals surface area contributed by atoms with E-state index in [1.54, 1.807) is 42.5 Å². The molecule has 0 atom stereocenters. The zero-order valence-electron chi connectivity index (χ0n) is 15.5. The second-order valence-corrected chi connectivity index (χ2v) is 7.48. The molecule has 0 fully saturated rings. The summed E-state index contributed by atoms with van der Waals surface area (Å²) in [5, 5.41) is 5.51. The summed E-state index contributed by atoms with van der Waals surface area (Å²) in [6.45, 7) is 2.15. The van der Waals surface area contributed by atoms with Gasteiger partial charge in [0.05, 0.1) is 16.3 Å². The van der Waals surface area contributed by atoms with Gasteiger partial charge in [-0.3, -0.25) is 4.79 Å². The Morgan fingerprint density at radius 1 is 1.03 bits per heavy atom. The van der Waals surface area contributed by atoms with Crippen molar-refractivity contribution >= 4 is 46.9 Å². The van der Waals surface area contributed by atoms with Crippen molar-refractivity contribution in [2.24, 2.45) is 5.10 Å². The molecule has 0 saturated carbocycles. The molecular weight excluding hydrogens is 431 g/mol. The number of rotatable bonds is 6. The maximum atomic E-state index is 12.3. The van der Waals surface area contributed by atoms with Crippen LogP contribution >= 0.6 is 34.8 Å². The van der Waals surface area contributed by atoms with Crippen LogP contribution in [0.4, 0.5) is 0 Å². The van der Waals surface area contributed by atoms with Gasteiger partial charge in [0.1, 0.15) is 12.4 Å². The van der Waals surface area contributed by atoms with E-state index >= 15 is 0 Å². The van der Waals surface area contributed by atoms with E-state index in [2.05, 4.69) is 10.5 Å². The van der Waals surface area contributed by atoms with Gasteiger partial charge >= 0.3 is 0 Å². The molecule has 0 heterocycles. The lowest BCUT2D eigenvalue weighted by Crippen LogP contribution is -2.18. The molecule has 3 aromatic rings. The SMILES string of the molecule is Cc1ccccc1C(=O)N/N=C\c1cc(Cl)ccc1OCc1ccc(Cl)c(Cl)c1. The number of halogens is 3. The van der Waals surface area contributed by atoms with Crippen LogP contribution in [0, 0.1) is 6.92 Å². The summed E-state index contributed by atoms with van der Waals surface area (Å²) in [6.07, 6.45) is 1.49. The number of nitrogens with one attached hydrogen (secondary N) is 1. The minimum atomic E-state index is -0.292. The summed E-state index contributed by atoms with van der Waals surface area (Å²) in [5.41, 5.74) is 5.45. The van der Waals surface area contributed by atoms with Crippen LogP contribution in [0.2, 0.25) is 15.1 Å². The van der Waals surface area contributed by atoms with Gasteiger partial charge in [0.25, 0.3) is 5.91 Å². The third-order valence-corrected chi connectivity index (χ3v) is 5.08. The Bertz CT molecular complexity index is 1070. The number of ether oxygens (including phenoxy) is 1. The van der Waals surface area contributed by atoms with E-state index in [-0.39, 0.29) is 12.5 Å². The molecule has 0 aliphatic carbocycles. The molecule has 3 aromatic carbocycles. The summed E-state index contributed by atoms with van der Waals surface area (Å²) in [7, 11) is 0. The first kappa shape index (κ1) is 21.2. The maximum Gasteiger partial charge on any atom is 0.271 e. The molecule has 3 rings (SSSR count). The van der Waals surface area contributed by atoms with Gasteiger partial charge in [0.2, 0.25) is 0 Å². The Balaban J connectivity index is 1.71. The molecule has 0 aliphatic heterocycles. The minimum absolute atomic E-state index is 0.287. The highest BCUT2D eigenvalue weighted by atomic mass is 35.5. The van der Waals surface area contributed by atoms with Crippen LogP contribution in [-0.2, 0) is 6.61 Å². The molecule has 0 aliphatic rings. The molecule has 0 unspecified atom stereocenters. The van der Waals surface area contributed by atoms with Crippen molar-refractivity contribution in [3.8, 4) is 5.75 Å². The Labute approximate surface area is 184 Å². The fraction of sp³-hybridized carbons (Fsp3) is 0.0909. The standard InChI is InChI=1S/C22H17Cl3N2O2/c1-14-4-2-3-5-18(14)22(28)27-26-12-16-11-17(23)7-9-21(16)29-13-15-6-8-19(24)20(25)10-15/h2-12H,13H2,1H3,(H,27,28)/b26-12-. The predicted molar refractivity (Wildman–Crippen MR) is 118 cm³/mol. The van der Waals surface area contributed by atoms with Crippen molar-refractivity contribution in [2.45, 2.75) is 13.5 Å². The number of aryl methyl sites for hydroxylation is 1. The first-order valence-electron chi connectivity index (χ1n) is 8.69. The van der Waals surface area contributed by atoms with Crippen molar-refractivity contribution in [1.29, 1.82) is 0 Å². The van der Waals surface area contributed by atoms with E-state index in [4.69, 9.17) is 39.5 Å². The third-order valence-electron chi connectivity index (χ3n) is 4.11. The van der Waals surface area contributed by atoms with Crippen molar-refractivity contribution in [3.63, 3.8) is 0 Å². The second kappa shape index (κ2) is 9.79. The normalized spacial score (nSPS) is 10.9. The third kappa shape index (κ3) is 5.73. The fourth-order valence-electron chi connectivity index (χ4n) is 2.59. The summed E-state index contributed by atoms with van der Waals surface area (Å²) in [5.74, 6) is 0.272. The van der Waals surface area contributed by atoms with Crippen LogP contribution in [0.1, 0.15) is 27.0 Å². The predicted octanol–water partition coefficient (Wildman–Crippen LogP) is 6.30. The van der Waals surface area contributed by atoms with Crippen LogP contribution in [-0.4, -0.2) is 12.1 Å². The van der Waals surface area contributed by atoms with Gasteiger partial charge in [-0.1, -0.05) is 59.1 Å². The van der Waals surface area contributed by atoms with Gasteiger partial charge in [0, 0.05) is 16.1 Å². The Morgan fingerprint density at radius 3 is 2.59 bits per heavy atom. The van der Waals surface area contributed by atoms with E-state index in [1.165, 1.54) is 6.21 Å². The molecule has 29 heavy (non-hydrogen) atoms. The van der Waals surface area contributed by atoms with E-state index in [0.717, 1.165) is 11.1 Å². The van der Waals surface area contributed by atoms with E-state index in [1.807, 2.05) is 25.1 Å². The summed E-state index contributed by atoms with van der Waals surface area (Å²) in [6, 6.07) is 17.7. The fourth-order valence-corrected chi connectivity index (χ4v) is 3.09. The number of nitrogens with zero attached hydrogens (tertiary/aromatic N) is 1. The number of carbonyl (C=O) groups excluding carboxylic acids is 1. The number of carbonyl (C=O) groups is 1. The molecule has 0 bridgehead atoms. The highest BCUT2D eigenvalue weighted by Crippen LogP contribution is 2.25. The lowest BCUT2D eigenvalue weighted by atomic mass is 10.1. The van der Waals surface area contributed by atoms with Gasteiger partial charge in [-0.15, -0.1) is 0 Å². The van der Waals surface area contributed by atoms with Crippen molar-refractivity contribution in [1.82, 2.24) is 5.43 Å². The largest absolute Gasteiger partial charge is 0.488 e. The zero-order valence-corrected chi connectivity index (χ0v) is 17.7. The smallest absolute Gasteiger partial charge is 0.271 e. The average molecular weight is 448 g/mol. The van der Waals surface area contributed by atoms with Crippen LogP contribution in [0.25, 0.3) is 0 Å². The number of hydrogen-bond donors (Lipinski definition) is 1. The van der Waals surface area contributed by atoms with Crippen LogP contribution in [0.15, 0.2) is 65.8 Å². The highest BCUT2D eigenvalue weighted by Gasteiger charge is 2.08. The molecule has 148 valence electrons. The quantitative estimate of drug-likeness (QED) is 0.356. The molecule has 7 heteroatoms. The first-order valence-corrected chi connectivity index (χ1v) is 9.83. The monoisotopic (exact) mass is 446 g/mol. The van der Waals surface area contributed by atoms with Gasteiger partial charge in [-0.25, -0.2) is 5.43 Å². The number of benzene rings is 3. The Hall–Kier alpha value is -2.53. The lowest BCUT2D eigenvalue weighted by molar-refractivity contribution is 0.0954. The highest BCUT2D eigenvalue weighted by molar-refractivity contribution is 6.42. The molecule has 0 saturated heterocycles. The lowest BCUT2D eigenvalue weighted by Gasteiger charge is -2.10. The second-order valence-electron chi connectivity index (χ2n) is 6.23. The summed E-state index contributed by atoms with van der Waals surface area (Å²) >= 11 is 18.1. The van der Waals surface area contributed by atoms with E-state index in [0.29, 0.717) is 31.9 Å². The van der Waals surface area contributed by atoms with Gasteiger partial charge in [-0.05, 0) is 54.4 Å². The Morgan fingerprint density at radius 2 is 1.83 bits per heavy atom. The van der Waals surface area contributed by atoms with Gasteiger partial charge in [0.15, 0.2) is 0 Å². The zero-order chi connectivity index (χ0) is 20.8. The number of hydrazone groups is 1.